The second-order valence-corrected chi connectivity index (χ2v) is 6.43. The highest BCUT2D eigenvalue weighted by Gasteiger charge is 2.29. The second-order valence-electron chi connectivity index (χ2n) is 6.43. The molecular weight excluding hydrogens is 306 g/mol. The average molecular weight is 331 g/mol. The summed E-state index contributed by atoms with van der Waals surface area (Å²) in [5, 5.41) is 5.84. The largest absolute Gasteiger partial charge is 0.488 e. The van der Waals surface area contributed by atoms with Crippen molar-refractivity contribution in [1.82, 2.24) is 15.5 Å². The number of para-hydroxylation sites is 1. The molecule has 1 saturated heterocycles. The maximum Gasteiger partial charge on any atom is 0.317 e. The molecule has 0 radical (unpaired) electrons. The predicted molar refractivity (Wildman–Crippen MR) is 90.8 cm³/mol. The first-order valence-electron chi connectivity index (χ1n) is 8.76. The topological polar surface area (TPSA) is 70.7 Å². The molecule has 3 amide bonds. The highest BCUT2D eigenvalue weighted by Crippen LogP contribution is 2.23. The van der Waals surface area contributed by atoms with Crippen molar-refractivity contribution in [1.29, 1.82) is 0 Å². The van der Waals surface area contributed by atoms with Gasteiger partial charge >= 0.3 is 6.03 Å². The van der Waals surface area contributed by atoms with E-state index in [0.29, 0.717) is 13.1 Å². The number of benzene rings is 1. The van der Waals surface area contributed by atoms with E-state index < -0.39 is 0 Å². The van der Waals surface area contributed by atoms with Gasteiger partial charge in [0.15, 0.2) is 0 Å². The van der Waals surface area contributed by atoms with Crippen molar-refractivity contribution < 1.29 is 14.3 Å². The number of rotatable bonds is 5. The zero-order valence-corrected chi connectivity index (χ0v) is 13.9. The molecule has 1 aliphatic carbocycles. The quantitative estimate of drug-likeness (QED) is 0.866. The lowest BCUT2D eigenvalue weighted by molar-refractivity contribution is -0.123. The number of nitrogens with one attached hydrogen (secondary N) is 2. The zero-order chi connectivity index (χ0) is 16.8. The lowest BCUT2D eigenvalue weighted by atomic mass is 9.92. The summed E-state index contributed by atoms with van der Waals surface area (Å²) in [6.07, 6.45) is 4.91. The first-order valence-corrected chi connectivity index (χ1v) is 8.76. The van der Waals surface area contributed by atoms with Crippen LogP contribution in [0.5, 0.6) is 5.75 Å². The molecule has 0 bridgehead atoms. The third-order valence-corrected chi connectivity index (χ3v) is 4.58. The molecule has 6 heteroatoms. The monoisotopic (exact) mass is 331 g/mol. The van der Waals surface area contributed by atoms with Crippen LogP contribution in [-0.4, -0.2) is 48.6 Å². The molecule has 1 aromatic carbocycles. The Labute approximate surface area is 142 Å². The Morgan fingerprint density at radius 1 is 1.21 bits per heavy atom. The van der Waals surface area contributed by atoms with Gasteiger partial charge in [-0.05, 0) is 37.8 Å². The van der Waals surface area contributed by atoms with Crippen LogP contribution in [0, 0.1) is 0 Å². The van der Waals surface area contributed by atoms with Gasteiger partial charge in [0.1, 0.15) is 18.4 Å². The molecule has 0 spiro atoms. The summed E-state index contributed by atoms with van der Waals surface area (Å²) in [5.74, 6) is 0.722. The van der Waals surface area contributed by atoms with Gasteiger partial charge in [0, 0.05) is 13.1 Å². The minimum Gasteiger partial charge on any atom is -0.488 e. The van der Waals surface area contributed by atoms with Gasteiger partial charge in [0.05, 0.1) is 6.04 Å². The lowest BCUT2D eigenvalue weighted by Crippen LogP contribution is -2.53. The van der Waals surface area contributed by atoms with Crippen molar-refractivity contribution in [3.8, 4) is 5.75 Å². The molecule has 1 aliphatic heterocycles. The Morgan fingerprint density at radius 2 is 2.00 bits per heavy atom. The Morgan fingerprint density at radius 3 is 2.79 bits per heavy atom. The fourth-order valence-electron chi connectivity index (χ4n) is 3.33. The maximum absolute atomic E-state index is 12.3. The summed E-state index contributed by atoms with van der Waals surface area (Å²) < 4.78 is 6.07. The van der Waals surface area contributed by atoms with Crippen molar-refractivity contribution in [2.24, 2.45) is 0 Å². The molecule has 1 aromatic rings. The summed E-state index contributed by atoms with van der Waals surface area (Å²) in [4.78, 5) is 25.6. The van der Waals surface area contributed by atoms with E-state index in [1.165, 1.54) is 0 Å². The third-order valence-electron chi connectivity index (χ3n) is 4.58. The van der Waals surface area contributed by atoms with Crippen molar-refractivity contribution in [2.75, 3.05) is 19.6 Å². The number of urea groups is 1. The number of carbonyl (C=O) groups excluding carboxylic acids is 2. The highest BCUT2D eigenvalue weighted by atomic mass is 16.5. The van der Waals surface area contributed by atoms with Crippen LogP contribution in [0.2, 0.25) is 0 Å². The van der Waals surface area contributed by atoms with E-state index >= 15 is 0 Å². The summed E-state index contributed by atoms with van der Waals surface area (Å²) in [6.45, 7) is 1.43. The minimum absolute atomic E-state index is 0.000641. The van der Waals surface area contributed by atoms with Crippen molar-refractivity contribution in [2.45, 2.75) is 44.2 Å². The molecule has 0 unspecified atom stereocenters. The molecule has 2 atom stereocenters. The van der Waals surface area contributed by atoms with Gasteiger partial charge in [0.2, 0.25) is 5.91 Å². The summed E-state index contributed by atoms with van der Waals surface area (Å²) in [6, 6.07) is 9.56. The summed E-state index contributed by atoms with van der Waals surface area (Å²) in [7, 11) is 0. The number of ether oxygens (including phenoxy) is 1. The van der Waals surface area contributed by atoms with Crippen LogP contribution in [0.4, 0.5) is 4.79 Å². The lowest BCUT2D eigenvalue weighted by Gasteiger charge is -2.33. The number of hydrogen-bond acceptors (Lipinski definition) is 3. The van der Waals surface area contributed by atoms with Crippen LogP contribution in [0.3, 0.4) is 0 Å². The van der Waals surface area contributed by atoms with Crippen molar-refractivity contribution in [3.05, 3.63) is 30.3 Å². The van der Waals surface area contributed by atoms with Gasteiger partial charge in [-0.2, -0.15) is 0 Å². The molecule has 2 aliphatic rings. The molecule has 24 heavy (non-hydrogen) atoms. The van der Waals surface area contributed by atoms with E-state index in [4.69, 9.17) is 4.74 Å². The first kappa shape index (κ1) is 16.6. The van der Waals surface area contributed by atoms with E-state index in [0.717, 1.165) is 37.9 Å². The fraction of sp³-hybridized carbons (Fsp3) is 0.556. The SMILES string of the molecule is O=C(CN1CCCNC1=O)N[C@H]1CCCC[C@H]1Oc1ccccc1. The standard InChI is InChI=1S/C18H25N3O3/c22-17(13-21-12-6-11-19-18(21)23)20-15-9-4-5-10-16(15)24-14-7-2-1-3-8-14/h1-3,7-8,15-16H,4-6,9-13H2,(H,19,23)(H,20,22)/t15-,16+/m0/s1. The molecule has 0 aromatic heterocycles. The van der Waals surface area contributed by atoms with E-state index in [1.54, 1.807) is 4.90 Å². The third kappa shape index (κ3) is 4.40. The Kier molecular flexibility index (Phi) is 5.56. The van der Waals surface area contributed by atoms with E-state index in [9.17, 15) is 9.59 Å². The van der Waals surface area contributed by atoms with Gasteiger partial charge in [0.25, 0.3) is 0 Å². The highest BCUT2D eigenvalue weighted by molar-refractivity contribution is 5.84. The number of nitrogens with zero attached hydrogens (tertiary/aromatic N) is 1. The summed E-state index contributed by atoms with van der Waals surface area (Å²) in [5.41, 5.74) is 0. The van der Waals surface area contributed by atoms with Crippen molar-refractivity contribution >= 4 is 11.9 Å². The molecule has 1 heterocycles. The van der Waals surface area contributed by atoms with Crippen molar-refractivity contribution in [3.63, 3.8) is 0 Å². The van der Waals surface area contributed by atoms with Crippen LogP contribution < -0.4 is 15.4 Å². The zero-order valence-electron chi connectivity index (χ0n) is 13.9. The van der Waals surface area contributed by atoms with Gasteiger partial charge in [-0.25, -0.2) is 4.79 Å². The first-order chi connectivity index (χ1) is 11.7. The number of amides is 3. The predicted octanol–water partition coefficient (Wildman–Crippen LogP) is 1.91. The van der Waals surface area contributed by atoms with Crippen LogP contribution in [-0.2, 0) is 4.79 Å². The van der Waals surface area contributed by atoms with E-state index in [1.807, 2.05) is 30.3 Å². The normalized spacial score (nSPS) is 24.2. The number of hydrogen-bond donors (Lipinski definition) is 2. The number of carbonyl (C=O) groups is 2. The molecule has 3 rings (SSSR count). The van der Waals surface area contributed by atoms with E-state index in [2.05, 4.69) is 10.6 Å². The Hall–Kier alpha value is -2.24. The molecule has 2 N–H and O–H groups in total. The molecule has 1 saturated carbocycles. The van der Waals surface area contributed by atoms with Gasteiger partial charge in [-0.1, -0.05) is 24.6 Å². The van der Waals surface area contributed by atoms with Gasteiger partial charge in [-0.3, -0.25) is 4.79 Å². The second kappa shape index (κ2) is 8.04. The smallest absolute Gasteiger partial charge is 0.317 e. The fourth-order valence-corrected chi connectivity index (χ4v) is 3.33. The van der Waals surface area contributed by atoms with Crippen LogP contribution in [0.15, 0.2) is 30.3 Å². The average Bonchev–Trinajstić information content (AvgIpc) is 2.60. The van der Waals surface area contributed by atoms with Crippen LogP contribution in [0.25, 0.3) is 0 Å². The molecular formula is C18H25N3O3. The maximum atomic E-state index is 12.3. The van der Waals surface area contributed by atoms with Gasteiger partial charge < -0.3 is 20.3 Å². The molecule has 2 fully saturated rings. The Balaban J connectivity index is 1.55. The van der Waals surface area contributed by atoms with Gasteiger partial charge in [-0.15, -0.1) is 0 Å². The van der Waals surface area contributed by atoms with Crippen LogP contribution >= 0.6 is 0 Å². The van der Waals surface area contributed by atoms with Crippen LogP contribution in [0.1, 0.15) is 32.1 Å². The summed E-state index contributed by atoms with van der Waals surface area (Å²) >= 11 is 0. The Bertz CT molecular complexity index is 564. The molecule has 6 nitrogen and oxygen atoms in total. The van der Waals surface area contributed by atoms with E-state index in [-0.39, 0.29) is 30.6 Å². The molecule has 130 valence electrons. The minimum atomic E-state index is -0.155.